The van der Waals surface area contributed by atoms with Crippen molar-refractivity contribution in [2.75, 3.05) is 37.7 Å². The number of carbonyl (C=O) groups excluding carboxylic acids is 1. The fraction of sp³-hybridized carbons (Fsp3) is 0.462. The van der Waals surface area contributed by atoms with Crippen LogP contribution in [0.3, 0.4) is 0 Å². The Kier molecular flexibility index (Phi) is 4.58. The van der Waals surface area contributed by atoms with E-state index in [0.717, 1.165) is 18.8 Å². The minimum Gasteiger partial charge on any atom is -0.378 e. The Morgan fingerprint density at radius 3 is 2.72 bits per heavy atom. The molecule has 98 valence electrons. The van der Waals surface area contributed by atoms with Gasteiger partial charge in [-0.3, -0.25) is 4.79 Å². The molecular weight excluding hydrogens is 252 g/mol. The lowest BCUT2D eigenvalue weighted by Crippen LogP contribution is -2.36. The molecular formula is C13H17ClN2O2. The SMILES string of the molecule is NCCC(=O)c1ccc(N2CCOCC2)c(Cl)c1. The Balaban J connectivity index is 2.16. The molecule has 5 heteroatoms. The number of Topliss-reactive ketones (excluding diaryl/α,β-unsaturated/α-hetero) is 1. The molecule has 1 heterocycles. The number of halogens is 1. The number of hydrogen-bond acceptors (Lipinski definition) is 4. The van der Waals surface area contributed by atoms with Crippen LogP contribution in [0.1, 0.15) is 16.8 Å². The third kappa shape index (κ3) is 3.02. The van der Waals surface area contributed by atoms with Crippen molar-refractivity contribution < 1.29 is 9.53 Å². The quantitative estimate of drug-likeness (QED) is 0.845. The molecule has 4 nitrogen and oxygen atoms in total. The van der Waals surface area contributed by atoms with Gasteiger partial charge in [0.15, 0.2) is 5.78 Å². The normalized spacial score (nSPS) is 15.8. The van der Waals surface area contributed by atoms with Crippen molar-refractivity contribution in [1.82, 2.24) is 0 Å². The number of hydrogen-bond donors (Lipinski definition) is 1. The van der Waals surface area contributed by atoms with E-state index in [2.05, 4.69) is 4.90 Å². The molecule has 0 bridgehead atoms. The third-order valence-electron chi connectivity index (χ3n) is 2.99. The van der Waals surface area contributed by atoms with Crippen LogP contribution in [0.2, 0.25) is 5.02 Å². The fourth-order valence-corrected chi connectivity index (χ4v) is 2.32. The molecule has 1 saturated heterocycles. The van der Waals surface area contributed by atoms with Crippen LogP contribution in [0.25, 0.3) is 0 Å². The maximum atomic E-state index is 11.7. The summed E-state index contributed by atoms with van der Waals surface area (Å²) in [5.74, 6) is 0.0351. The predicted molar refractivity (Wildman–Crippen MR) is 72.5 cm³/mol. The lowest BCUT2D eigenvalue weighted by Gasteiger charge is -2.29. The summed E-state index contributed by atoms with van der Waals surface area (Å²) in [6.07, 6.45) is 0.354. The molecule has 0 saturated carbocycles. The van der Waals surface area contributed by atoms with Crippen LogP contribution >= 0.6 is 11.6 Å². The number of rotatable bonds is 4. The van der Waals surface area contributed by atoms with Gasteiger partial charge in [-0.05, 0) is 24.7 Å². The lowest BCUT2D eigenvalue weighted by molar-refractivity contribution is 0.0985. The Morgan fingerprint density at radius 1 is 1.39 bits per heavy atom. The fourth-order valence-electron chi connectivity index (χ4n) is 2.02. The van der Waals surface area contributed by atoms with Gasteiger partial charge in [0, 0.05) is 25.1 Å². The van der Waals surface area contributed by atoms with E-state index in [-0.39, 0.29) is 5.78 Å². The summed E-state index contributed by atoms with van der Waals surface area (Å²) < 4.78 is 5.30. The van der Waals surface area contributed by atoms with Gasteiger partial charge < -0.3 is 15.4 Å². The highest BCUT2D eigenvalue weighted by Gasteiger charge is 2.15. The predicted octanol–water partition coefficient (Wildman–Crippen LogP) is 1.71. The van der Waals surface area contributed by atoms with Crippen molar-refractivity contribution in [2.24, 2.45) is 5.73 Å². The van der Waals surface area contributed by atoms with Gasteiger partial charge in [0.1, 0.15) is 0 Å². The second-order valence-electron chi connectivity index (χ2n) is 4.23. The maximum absolute atomic E-state index is 11.7. The van der Waals surface area contributed by atoms with Gasteiger partial charge in [-0.2, -0.15) is 0 Å². The maximum Gasteiger partial charge on any atom is 0.164 e. The van der Waals surface area contributed by atoms with Crippen molar-refractivity contribution in [1.29, 1.82) is 0 Å². The van der Waals surface area contributed by atoms with Crippen LogP contribution in [-0.2, 0) is 4.74 Å². The van der Waals surface area contributed by atoms with Gasteiger partial charge in [-0.25, -0.2) is 0 Å². The summed E-state index contributed by atoms with van der Waals surface area (Å²) in [5.41, 5.74) is 6.97. The van der Waals surface area contributed by atoms with Gasteiger partial charge in [0.05, 0.1) is 23.9 Å². The van der Waals surface area contributed by atoms with E-state index < -0.39 is 0 Å². The lowest BCUT2D eigenvalue weighted by atomic mass is 10.1. The van der Waals surface area contributed by atoms with Gasteiger partial charge in [0.25, 0.3) is 0 Å². The highest BCUT2D eigenvalue weighted by atomic mass is 35.5. The van der Waals surface area contributed by atoms with Gasteiger partial charge >= 0.3 is 0 Å². The van der Waals surface area contributed by atoms with Gasteiger partial charge in [-0.1, -0.05) is 11.6 Å². The molecule has 1 aromatic rings. The Bertz CT molecular complexity index is 431. The topological polar surface area (TPSA) is 55.6 Å². The number of morpholine rings is 1. The second kappa shape index (κ2) is 6.18. The largest absolute Gasteiger partial charge is 0.378 e. The summed E-state index contributed by atoms with van der Waals surface area (Å²) in [7, 11) is 0. The Morgan fingerprint density at radius 2 is 2.11 bits per heavy atom. The van der Waals surface area contributed by atoms with E-state index in [1.54, 1.807) is 6.07 Å². The molecule has 2 rings (SSSR count). The molecule has 1 aliphatic rings. The number of ketones is 1. The molecule has 1 aromatic carbocycles. The van der Waals surface area contributed by atoms with Crippen LogP contribution in [0.15, 0.2) is 18.2 Å². The average molecular weight is 269 g/mol. The number of benzene rings is 1. The average Bonchev–Trinajstić information content (AvgIpc) is 2.40. The molecule has 0 aromatic heterocycles. The second-order valence-corrected chi connectivity index (χ2v) is 4.63. The van der Waals surface area contributed by atoms with Crippen molar-refractivity contribution in [2.45, 2.75) is 6.42 Å². The van der Waals surface area contributed by atoms with Crippen LogP contribution in [0, 0.1) is 0 Å². The zero-order valence-electron chi connectivity index (χ0n) is 10.2. The van der Waals surface area contributed by atoms with Crippen molar-refractivity contribution in [3.05, 3.63) is 28.8 Å². The first-order chi connectivity index (χ1) is 8.72. The van der Waals surface area contributed by atoms with E-state index in [9.17, 15) is 4.79 Å². The van der Waals surface area contributed by atoms with Crippen LogP contribution in [0.4, 0.5) is 5.69 Å². The monoisotopic (exact) mass is 268 g/mol. The highest BCUT2D eigenvalue weighted by Crippen LogP contribution is 2.27. The molecule has 2 N–H and O–H groups in total. The number of nitrogens with zero attached hydrogens (tertiary/aromatic N) is 1. The van der Waals surface area contributed by atoms with Crippen molar-refractivity contribution >= 4 is 23.1 Å². The summed E-state index contributed by atoms with van der Waals surface area (Å²) in [5, 5.41) is 0.611. The molecule has 1 aliphatic heterocycles. The number of anilines is 1. The molecule has 0 spiro atoms. The third-order valence-corrected chi connectivity index (χ3v) is 3.30. The zero-order valence-corrected chi connectivity index (χ0v) is 10.9. The van der Waals surface area contributed by atoms with Crippen molar-refractivity contribution in [3.63, 3.8) is 0 Å². The van der Waals surface area contributed by atoms with E-state index in [0.29, 0.717) is 36.8 Å². The number of nitrogens with two attached hydrogens (primary N) is 1. The van der Waals surface area contributed by atoms with Gasteiger partial charge in [0.2, 0.25) is 0 Å². The van der Waals surface area contributed by atoms with E-state index in [4.69, 9.17) is 22.1 Å². The zero-order chi connectivity index (χ0) is 13.0. The van der Waals surface area contributed by atoms with Crippen LogP contribution in [0.5, 0.6) is 0 Å². The molecule has 0 aliphatic carbocycles. The minimum absolute atomic E-state index is 0.0351. The first-order valence-electron chi connectivity index (χ1n) is 6.08. The smallest absolute Gasteiger partial charge is 0.164 e. The first kappa shape index (κ1) is 13.3. The van der Waals surface area contributed by atoms with E-state index >= 15 is 0 Å². The molecule has 0 unspecified atom stereocenters. The van der Waals surface area contributed by atoms with Crippen LogP contribution in [-0.4, -0.2) is 38.6 Å². The summed E-state index contributed by atoms with van der Waals surface area (Å²) >= 11 is 6.24. The molecule has 0 amide bonds. The molecule has 1 fully saturated rings. The first-order valence-corrected chi connectivity index (χ1v) is 6.45. The summed E-state index contributed by atoms with van der Waals surface area (Å²) in [6, 6.07) is 5.44. The number of ether oxygens (including phenoxy) is 1. The van der Waals surface area contributed by atoms with Gasteiger partial charge in [-0.15, -0.1) is 0 Å². The Labute approximate surface area is 112 Å². The standard InChI is InChI=1S/C13H17ClN2O2/c14-11-9-10(13(17)3-4-15)1-2-12(11)16-5-7-18-8-6-16/h1-2,9H,3-8,15H2. The summed E-state index contributed by atoms with van der Waals surface area (Å²) in [4.78, 5) is 13.9. The number of carbonyl (C=O) groups is 1. The minimum atomic E-state index is 0.0351. The van der Waals surface area contributed by atoms with E-state index in [1.807, 2.05) is 12.1 Å². The molecule has 0 atom stereocenters. The summed E-state index contributed by atoms with van der Waals surface area (Å²) in [6.45, 7) is 3.45. The van der Waals surface area contributed by atoms with E-state index in [1.165, 1.54) is 0 Å². The molecule has 18 heavy (non-hydrogen) atoms. The highest BCUT2D eigenvalue weighted by molar-refractivity contribution is 6.33. The van der Waals surface area contributed by atoms with Crippen LogP contribution < -0.4 is 10.6 Å². The molecule has 0 radical (unpaired) electrons. The van der Waals surface area contributed by atoms with Crippen molar-refractivity contribution in [3.8, 4) is 0 Å². The Hall–Kier alpha value is -1.10.